The summed E-state index contributed by atoms with van der Waals surface area (Å²) in [4.78, 5) is 0. The molecule has 0 saturated carbocycles. The molecule has 2 aliphatic rings. The molecule has 32 heavy (non-hydrogen) atoms. The molecule has 1 atom stereocenters. The van der Waals surface area contributed by atoms with E-state index in [0.717, 1.165) is 32.2 Å². The molecule has 0 amide bonds. The summed E-state index contributed by atoms with van der Waals surface area (Å²) in [5.41, 5.74) is -1.08. The van der Waals surface area contributed by atoms with Crippen molar-refractivity contribution in [2.24, 2.45) is 5.41 Å². The number of hydrogen-bond donors (Lipinski definition) is 0. The van der Waals surface area contributed by atoms with E-state index in [4.69, 9.17) is 9.05 Å². The maximum absolute atomic E-state index is 10.9. The Hall–Kier alpha value is -3.59. The van der Waals surface area contributed by atoms with Gasteiger partial charge in [0.15, 0.2) is 0 Å². The Morgan fingerprint density at radius 2 is 1.09 bits per heavy atom. The molecule has 0 radical (unpaired) electrons. The average Bonchev–Trinajstić information content (AvgIpc) is 3.28. The minimum absolute atomic E-state index is 0.704. The molecule has 4 nitrogen and oxygen atoms in total. The molecule has 0 saturated heterocycles. The first-order chi connectivity index (χ1) is 15.3. The van der Waals surface area contributed by atoms with E-state index < -0.39 is 17.6 Å². The van der Waals surface area contributed by atoms with E-state index in [1.165, 1.54) is 0 Å². The molecule has 0 aliphatic carbocycles. The van der Waals surface area contributed by atoms with Crippen molar-refractivity contribution >= 4 is 39.2 Å². The third-order valence-electron chi connectivity index (χ3n) is 7.64. The van der Waals surface area contributed by atoms with Crippen molar-refractivity contribution in [3.63, 3.8) is 0 Å². The van der Waals surface area contributed by atoms with Gasteiger partial charge in [-0.15, -0.1) is 0 Å². The van der Waals surface area contributed by atoms with Crippen molar-refractivity contribution in [1.82, 2.24) is 0 Å². The second-order valence-corrected chi connectivity index (χ2v) is 13.5. The SMILES string of the molecule is CC(C)(C#N)C(C)(C#N)P12(Oc3cccc4cccc1c34)Oc1cccc3cccc2c13. The van der Waals surface area contributed by atoms with E-state index in [2.05, 4.69) is 12.1 Å². The van der Waals surface area contributed by atoms with Crippen LogP contribution in [0.2, 0.25) is 0 Å². The van der Waals surface area contributed by atoms with Gasteiger partial charge in [-0.1, -0.05) is 0 Å². The van der Waals surface area contributed by atoms with Crippen molar-refractivity contribution in [1.29, 1.82) is 10.5 Å². The Balaban J connectivity index is 1.91. The predicted octanol–water partition coefficient (Wildman–Crippen LogP) is 5.94. The summed E-state index contributed by atoms with van der Waals surface area (Å²) >= 11 is 0. The quantitative estimate of drug-likeness (QED) is 0.365. The van der Waals surface area contributed by atoms with E-state index in [1.54, 1.807) is 0 Å². The molecule has 6 rings (SSSR count). The van der Waals surface area contributed by atoms with Crippen LogP contribution in [0.25, 0.3) is 21.5 Å². The van der Waals surface area contributed by atoms with Crippen molar-refractivity contribution in [3.05, 3.63) is 72.8 Å². The molecule has 0 aromatic heterocycles. The fraction of sp³-hybridized carbons (Fsp3) is 0.185. The molecule has 1 unspecified atom stereocenters. The van der Waals surface area contributed by atoms with Gasteiger partial charge in [-0.3, -0.25) is 0 Å². The molecular weight excluding hydrogens is 415 g/mol. The van der Waals surface area contributed by atoms with Gasteiger partial charge in [-0.25, -0.2) is 0 Å². The monoisotopic (exact) mass is 436 g/mol. The van der Waals surface area contributed by atoms with Crippen molar-refractivity contribution in [2.45, 2.75) is 25.9 Å². The number of hydrogen-bond acceptors (Lipinski definition) is 4. The van der Waals surface area contributed by atoms with Crippen LogP contribution in [0.1, 0.15) is 20.8 Å². The molecule has 2 aliphatic heterocycles. The fourth-order valence-electron chi connectivity index (χ4n) is 5.64. The summed E-state index contributed by atoms with van der Waals surface area (Å²) in [5, 5.41) is 25.6. The summed E-state index contributed by atoms with van der Waals surface area (Å²) in [6.45, 7) is 5.48. The summed E-state index contributed by atoms with van der Waals surface area (Å²) in [6, 6.07) is 29.1. The van der Waals surface area contributed by atoms with Crippen molar-refractivity contribution in [3.8, 4) is 23.6 Å². The normalized spacial score (nSPS) is 19.8. The third-order valence-corrected chi connectivity index (χ3v) is 13.5. The third kappa shape index (κ3) is 1.73. The van der Waals surface area contributed by atoms with Crippen LogP contribution in [0.15, 0.2) is 72.8 Å². The fourth-order valence-corrected chi connectivity index (χ4v) is 12.0. The van der Waals surface area contributed by atoms with Gasteiger partial charge in [0.2, 0.25) is 0 Å². The van der Waals surface area contributed by atoms with Crippen molar-refractivity contribution < 1.29 is 9.05 Å². The first-order valence-corrected chi connectivity index (χ1v) is 12.7. The van der Waals surface area contributed by atoms with E-state index >= 15 is 0 Å². The summed E-state index contributed by atoms with van der Waals surface area (Å²) < 4.78 is 14.2. The van der Waals surface area contributed by atoms with Crippen LogP contribution in [-0.2, 0) is 0 Å². The van der Waals surface area contributed by atoms with Crippen LogP contribution >= 0.6 is 7.06 Å². The number of nitrogens with zero attached hydrogens (tertiary/aromatic N) is 2. The summed E-state index contributed by atoms with van der Waals surface area (Å²) in [6.07, 6.45) is 0. The molecule has 5 heteroatoms. The zero-order valence-electron chi connectivity index (χ0n) is 18.1. The standard InChI is InChI=1S/C27H21N2O2P/c1-26(2,16-28)27(3,17-29)32(22-14-6-10-18-8-4-12-20(30-32)24(18)22)23-15-7-11-19-9-5-13-21(31-32)25(19)23/h4-15H,1-3H3. The van der Waals surface area contributed by atoms with Gasteiger partial charge in [-0.2, -0.15) is 0 Å². The Labute approximate surface area is 186 Å². The van der Waals surface area contributed by atoms with E-state index in [1.807, 2.05) is 93.6 Å². The Morgan fingerprint density at radius 3 is 1.50 bits per heavy atom. The second kappa shape index (κ2) is 5.60. The second-order valence-electron chi connectivity index (χ2n) is 9.32. The van der Waals surface area contributed by atoms with Gasteiger partial charge in [0.1, 0.15) is 0 Å². The van der Waals surface area contributed by atoms with E-state index in [0.29, 0.717) is 11.5 Å². The van der Waals surface area contributed by atoms with Crippen LogP contribution in [-0.4, -0.2) is 5.16 Å². The number of nitriles is 2. The topological polar surface area (TPSA) is 66.0 Å². The molecule has 4 aromatic rings. The number of rotatable bonds is 2. The van der Waals surface area contributed by atoms with Crippen LogP contribution in [0.5, 0.6) is 11.5 Å². The molecule has 1 spiro atoms. The van der Waals surface area contributed by atoms with Gasteiger partial charge >= 0.3 is 187 Å². The van der Waals surface area contributed by atoms with E-state index in [9.17, 15) is 10.5 Å². The summed E-state index contributed by atoms with van der Waals surface area (Å²) in [5.74, 6) is 1.41. The molecule has 0 N–H and O–H groups in total. The van der Waals surface area contributed by atoms with Crippen molar-refractivity contribution in [2.75, 3.05) is 0 Å². The molecular formula is C27H21N2O2P. The molecule has 4 aromatic carbocycles. The molecule has 156 valence electrons. The molecule has 0 bridgehead atoms. The predicted molar refractivity (Wildman–Crippen MR) is 129 cm³/mol. The maximum atomic E-state index is 10.9. The van der Waals surface area contributed by atoms with Crippen LogP contribution in [0, 0.1) is 28.1 Å². The summed E-state index contributed by atoms with van der Waals surface area (Å²) in [7, 11) is -4.25. The van der Waals surface area contributed by atoms with Gasteiger partial charge in [0.25, 0.3) is 0 Å². The first-order valence-electron chi connectivity index (χ1n) is 10.6. The Bertz CT molecular complexity index is 1470. The van der Waals surface area contributed by atoms with Gasteiger partial charge in [0, 0.05) is 0 Å². The number of fused-ring (bicyclic) bond motifs is 2. The van der Waals surface area contributed by atoms with Gasteiger partial charge in [0.05, 0.1) is 0 Å². The average molecular weight is 436 g/mol. The van der Waals surface area contributed by atoms with Gasteiger partial charge < -0.3 is 0 Å². The Kier molecular flexibility index (Phi) is 3.35. The zero-order chi connectivity index (χ0) is 22.4. The van der Waals surface area contributed by atoms with Gasteiger partial charge in [-0.05, 0) is 0 Å². The molecule has 0 fully saturated rings. The first kappa shape index (κ1) is 19.1. The molecule has 2 heterocycles. The zero-order valence-corrected chi connectivity index (χ0v) is 19.0. The minimum atomic E-state index is -4.25. The Morgan fingerprint density at radius 1 is 0.656 bits per heavy atom. The van der Waals surface area contributed by atoms with Crippen LogP contribution in [0.4, 0.5) is 0 Å². The van der Waals surface area contributed by atoms with Crippen LogP contribution in [0.3, 0.4) is 0 Å². The number of benzene rings is 4. The van der Waals surface area contributed by atoms with Crippen LogP contribution < -0.4 is 19.7 Å². The van der Waals surface area contributed by atoms with E-state index in [-0.39, 0.29) is 0 Å².